The van der Waals surface area contributed by atoms with Crippen LogP contribution in [-0.2, 0) is 30.3 Å². The van der Waals surface area contributed by atoms with Crippen molar-refractivity contribution in [3.05, 3.63) is 48.0 Å². The van der Waals surface area contributed by atoms with Gasteiger partial charge in [-0.2, -0.15) is 0 Å². The van der Waals surface area contributed by atoms with E-state index in [1.54, 1.807) is 0 Å². The van der Waals surface area contributed by atoms with Crippen LogP contribution < -0.4 is 0 Å². The van der Waals surface area contributed by atoms with Gasteiger partial charge in [0.05, 0.1) is 25.4 Å². The van der Waals surface area contributed by atoms with Crippen molar-refractivity contribution < 1.29 is 23.7 Å². The van der Waals surface area contributed by atoms with E-state index >= 15 is 0 Å². The number of hydrogen-bond donors (Lipinski definition) is 0. The van der Waals surface area contributed by atoms with Gasteiger partial charge in [0.2, 0.25) is 0 Å². The Labute approximate surface area is 173 Å². The fourth-order valence-electron chi connectivity index (χ4n) is 5.62. The molecule has 1 aliphatic carbocycles. The molecule has 7 atom stereocenters. The zero-order valence-corrected chi connectivity index (χ0v) is 17.7. The lowest BCUT2D eigenvalue weighted by atomic mass is 9.64. The summed E-state index contributed by atoms with van der Waals surface area (Å²) in [6.07, 6.45) is 4.91. The molecule has 0 radical (unpaired) electrons. The van der Waals surface area contributed by atoms with Gasteiger partial charge in [-0.1, -0.05) is 56.3 Å². The smallest absolute Gasteiger partial charge is 0.164 e. The molecule has 1 aromatic carbocycles. The minimum atomic E-state index is -0.646. The van der Waals surface area contributed by atoms with Crippen molar-refractivity contribution in [2.45, 2.75) is 77.2 Å². The fourth-order valence-corrected chi connectivity index (χ4v) is 5.62. The van der Waals surface area contributed by atoms with Crippen LogP contribution in [0.25, 0.3) is 0 Å². The van der Waals surface area contributed by atoms with Crippen LogP contribution in [0.1, 0.15) is 39.7 Å². The molecule has 0 aromatic heterocycles. The highest BCUT2D eigenvalue weighted by atomic mass is 16.8. The van der Waals surface area contributed by atoms with Gasteiger partial charge in [0.25, 0.3) is 0 Å². The van der Waals surface area contributed by atoms with E-state index in [1.807, 2.05) is 32.0 Å². The number of allylic oxidation sites excluding steroid dienone is 1. The van der Waals surface area contributed by atoms with Crippen LogP contribution in [0.2, 0.25) is 0 Å². The van der Waals surface area contributed by atoms with Gasteiger partial charge < -0.3 is 23.7 Å². The first-order chi connectivity index (χ1) is 13.8. The summed E-state index contributed by atoms with van der Waals surface area (Å²) in [7, 11) is 0. The maximum Gasteiger partial charge on any atom is 0.164 e. The summed E-state index contributed by atoms with van der Waals surface area (Å²) in [6, 6.07) is 10.3. The molecular formula is C24H32O5. The van der Waals surface area contributed by atoms with Crippen molar-refractivity contribution in [3.63, 3.8) is 0 Å². The fraction of sp³-hybridized carbons (Fsp3) is 0.667. The molecule has 5 nitrogen and oxygen atoms in total. The molecule has 0 amide bonds. The maximum atomic E-state index is 6.62. The molecule has 158 valence electrons. The first-order valence-corrected chi connectivity index (χ1v) is 10.8. The van der Waals surface area contributed by atoms with Crippen molar-refractivity contribution in [3.8, 4) is 0 Å². The van der Waals surface area contributed by atoms with Crippen LogP contribution in [0.3, 0.4) is 0 Å². The molecule has 3 fully saturated rings. The number of benzene rings is 1. The molecular weight excluding hydrogens is 368 g/mol. The summed E-state index contributed by atoms with van der Waals surface area (Å²) in [5, 5.41) is 0. The Bertz CT molecular complexity index is 758. The molecule has 4 aliphatic rings. The molecule has 0 saturated carbocycles. The summed E-state index contributed by atoms with van der Waals surface area (Å²) in [5.41, 5.74) is 1.18. The molecule has 5 heteroatoms. The van der Waals surface area contributed by atoms with Gasteiger partial charge in [-0.25, -0.2) is 0 Å². The van der Waals surface area contributed by atoms with E-state index in [0.29, 0.717) is 19.1 Å². The SMILES string of the molecule is CC1(C)OC[C@H]2O[C@@H]3O[C@H]4CC=CC(C)(C)[C@@H]4[C@@H]3[C@@H](OCc3ccccc3)[C@@H]2O1. The van der Waals surface area contributed by atoms with Crippen LogP contribution in [-0.4, -0.2) is 43.1 Å². The lowest BCUT2D eigenvalue weighted by Gasteiger charge is -2.51. The van der Waals surface area contributed by atoms with Gasteiger partial charge in [-0.3, -0.25) is 0 Å². The van der Waals surface area contributed by atoms with E-state index in [2.05, 4.69) is 38.1 Å². The van der Waals surface area contributed by atoms with Crippen molar-refractivity contribution in [1.82, 2.24) is 0 Å². The summed E-state index contributed by atoms with van der Waals surface area (Å²) in [5.74, 6) is -0.195. The first-order valence-electron chi connectivity index (χ1n) is 10.8. The topological polar surface area (TPSA) is 46.2 Å². The quantitative estimate of drug-likeness (QED) is 0.716. The Hall–Kier alpha value is -1.24. The highest BCUT2D eigenvalue weighted by Crippen LogP contribution is 2.54. The van der Waals surface area contributed by atoms with E-state index in [-0.39, 0.29) is 42.0 Å². The lowest BCUT2D eigenvalue weighted by molar-refractivity contribution is -0.373. The average molecular weight is 401 g/mol. The highest BCUT2D eigenvalue weighted by molar-refractivity contribution is 5.16. The third-order valence-corrected chi connectivity index (χ3v) is 6.89. The standard InChI is InChI=1S/C24H32O5/c1-23(2)12-8-11-16-19(23)18-21(25-13-15-9-6-5-7-10-15)20-17(28-22(18)27-16)14-26-24(3,4)29-20/h5-10,12,16-22H,11,13-14H2,1-4H3/t16-,17+,18+,19-,20+,21+,22-/m0/s1. The van der Waals surface area contributed by atoms with Crippen molar-refractivity contribution in [1.29, 1.82) is 0 Å². The molecule has 0 unspecified atom stereocenters. The van der Waals surface area contributed by atoms with E-state index in [4.69, 9.17) is 23.7 Å². The van der Waals surface area contributed by atoms with E-state index in [9.17, 15) is 0 Å². The van der Waals surface area contributed by atoms with Gasteiger partial charge in [-0.05, 0) is 31.2 Å². The highest BCUT2D eigenvalue weighted by Gasteiger charge is 2.62. The third-order valence-electron chi connectivity index (χ3n) is 6.89. The molecule has 3 saturated heterocycles. The van der Waals surface area contributed by atoms with E-state index in [0.717, 1.165) is 12.0 Å². The van der Waals surface area contributed by atoms with Crippen LogP contribution in [0.15, 0.2) is 42.5 Å². The number of hydrogen-bond acceptors (Lipinski definition) is 5. The van der Waals surface area contributed by atoms with Gasteiger partial charge in [0.1, 0.15) is 12.2 Å². The summed E-state index contributed by atoms with van der Waals surface area (Å²) >= 11 is 0. The summed E-state index contributed by atoms with van der Waals surface area (Å²) < 4.78 is 31.7. The van der Waals surface area contributed by atoms with Crippen LogP contribution >= 0.6 is 0 Å². The first kappa shape index (κ1) is 19.7. The Kier molecular flexibility index (Phi) is 4.87. The minimum Gasteiger partial charge on any atom is -0.370 e. The second-order valence-electron chi connectivity index (χ2n) is 9.83. The molecule has 0 spiro atoms. The van der Waals surface area contributed by atoms with Crippen LogP contribution in [0, 0.1) is 17.3 Å². The molecule has 0 N–H and O–H groups in total. The summed E-state index contributed by atoms with van der Waals surface area (Å²) in [4.78, 5) is 0. The van der Waals surface area contributed by atoms with Gasteiger partial charge in [-0.15, -0.1) is 0 Å². The predicted octanol–water partition coefficient (Wildman–Crippen LogP) is 4.07. The predicted molar refractivity (Wildman–Crippen MR) is 108 cm³/mol. The number of rotatable bonds is 3. The Morgan fingerprint density at radius 2 is 1.79 bits per heavy atom. The number of ether oxygens (including phenoxy) is 5. The largest absolute Gasteiger partial charge is 0.370 e. The zero-order valence-electron chi connectivity index (χ0n) is 17.7. The molecule has 5 rings (SSSR count). The molecule has 3 aliphatic heterocycles. The normalized spacial score (nSPS) is 42.0. The molecule has 3 heterocycles. The van der Waals surface area contributed by atoms with Crippen LogP contribution in [0.4, 0.5) is 0 Å². The third kappa shape index (κ3) is 3.57. The monoisotopic (exact) mass is 400 g/mol. The maximum absolute atomic E-state index is 6.62. The van der Waals surface area contributed by atoms with Crippen molar-refractivity contribution >= 4 is 0 Å². The van der Waals surface area contributed by atoms with E-state index < -0.39 is 5.79 Å². The zero-order chi connectivity index (χ0) is 20.2. The Morgan fingerprint density at radius 1 is 1.03 bits per heavy atom. The molecule has 29 heavy (non-hydrogen) atoms. The van der Waals surface area contributed by atoms with Crippen LogP contribution in [0.5, 0.6) is 0 Å². The molecule has 0 bridgehead atoms. The second-order valence-corrected chi connectivity index (χ2v) is 9.83. The van der Waals surface area contributed by atoms with Gasteiger partial charge in [0, 0.05) is 11.8 Å². The Morgan fingerprint density at radius 3 is 2.59 bits per heavy atom. The number of fused-ring (bicyclic) bond motifs is 4. The Balaban J connectivity index is 1.47. The van der Waals surface area contributed by atoms with Gasteiger partial charge >= 0.3 is 0 Å². The van der Waals surface area contributed by atoms with Crippen molar-refractivity contribution in [2.24, 2.45) is 17.3 Å². The molecule has 1 aromatic rings. The van der Waals surface area contributed by atoms with E-state index in [1.165, 1.54) is 0 Å². The second kappa shape index (κ2) is 7.17. The average Bonchev–Trinajstić information content (AvgIpc) is 3.05. The van der Waals surface area contributed by atoms with Crippen molar-refractivity contribution in [2.75, 3.05) is 6.61 Å². The lowest BCUT2D eigenvalue weighted by Crippen LogP contribution is -2.63. The minimum absolute atomic E-state index is 0.0214. The van der Waals surface area contributed by atoms with Gasteiger partial charge in [0.15, 0.2) is 12.1 Å². The summed E-state index contributed by atoms with van der Waals surface area (Å²) in [6.45, 7) is 9.56.